The van der Waals surface area contributed by atoms with Crippen molar-refractivity contribution in [3.63, 3.8) is 0 Å². The molecular formula is C22H31FN2O3. The number of rotatable bonds is 4. The number of hydrogen-bond acceptors (Lipinski definition) is 4. The SMILES string of the molecule is CC1(O)N(C2CCCCC2)C(=O)OC12CCN(CCc1ccc(F)cc1)CC2. The van der Waals surface area contributed by atoms with Gasteiger partial charge in [-0.2, -0.15) is 0 Å². The molecular weight excluding hydrogens is 359 g/mol. The fraction of sp³-hybridized carbons (Fsp3) is 0.682. The Kier molecular flexibility index (Phi) is 5.36. The first kappa shape index (κ1) is 19.6. The van der Waals surface area contributed by atoms with Crippen LogP contribution in [0.5, 0.6) is 0 Å². The van der Waals surface area contributed by atoms with Crippen LogP contribution in [0.1, 0.15) is 57.4 Å². The number of nitrogens with zero attached hydrogens (tertiary/aromatic N) is 2. The fourth-order valence-corrected chi connectivity index (χ4v) is 5.21. The van der Waals surface area contributed by atoms with Gasteiger partial charge in [0.1, 0.15) is 5.82 Å². The zero-order chi connectivity index (χ0) is 19.8. The van der Waals surface area contributed by atoms with Crippen molar-refractivity contribution in [3.05, 3.63) is 35.6 Å². The molecule has 1 spiro atoms. The minimum absolute atomic E-state index is 0.0899. The van der Waals surface area contributed by atoms with Gasteiger partial charge < -0.3 is 14.7 Å². The van der Waals surface area contributed by atoms with Gasteiger partial charge in [0.15, 0.2) is 11.3 Å². The molecule has 5 nitrogen and oxygen atoms in total. The van der Waals surface area contributed by atoms with Gasteiger partial charge in [-0.3, -0.25) is 4.90 Å². The highest BCUT2D eigenvalue weighted by molar-refractivity contribution is 5.72. The number of piperidine rings is 1. The Balaban J connectivity index is 1.37. The Morgan fingerprint density at radius 3 is 2.43 bits per heavy atom. The first-order valence-corrected chi connectivity index (χ1v) is 10.6. The number of aliphatic hydroxyl groups is 1. The first-order valence-electron chi connectivity index (χ1n) is 10.6. The van der Waals surface area contributed by atoms with Gasteiger partial charge in [0.2, 0.25) is 0 Å². The maximum absolute atomic E-state index is 13.0. The molecule has 3 fully saturated rings. The number of carbonyl (C=O) groups excluding carboxylic acids is 1. The molecule has 1 saturated carbocycles. The van der Waals surface area contributed by atoms with E-state index < -0.39 is 11.3 Å². The molecule has 0 aromatic heterocycles. The minimum Gasteiger partial charge on any atom is -0.437 e. The molecule has 2 heterocycles. The summed E-state index contributed by atoms with van der Waals surface area (Å²) < 4.78 is 18.9. The van der Waals surface area contributed by atoms with E-state index in [1.165, 1.54) is 18.6 Å². The van der Waals surface area contributed by atoms with Crippen molar-refractivity contribution in [2.45, 2.75) is 75.7 Å². The summed E-state index contributed by atoms with van der Waals surface area (Å²) >= 11 is 0. The van der Waals surface area contributed by atoms with E-state index in [0.29, 0.717) is 12.8 Å². The lowest BCUT2D eigenvalue weighted by atomic mass is 9.80. The summed E-state index contributed by atoms with van der Waals surface area (Å²) in [5.41, 5.74) is -0.951. The zero-order valence-electron chi connectivity index (χ0n) is 16.7. The van der Waals surface area contributed by atoms with Gasteiger partial charge in [0, 0.05) is 38.5 Å². The topological polar surface area (TPSA) is 53.0 Å². The maximum Gasteiger partial charge on any atom is 0.413 e. The maximum atomic E-state index is 13.0. The van der Waals surface area contributed by atoms with Crippen molar-refractivity contribution in [1.29, 1.82) is 0 Å². The van der Waals surface area contributed by atoms with Crippen LogP contribution in [0.15, 0.2) is 24.3 Å². The summed E-state index contributed by atoms with van der Waals surface area (Å²) in [5.74, 6) is -0.212. The quantitative estimate of drug-likeness (QED) is 0.852. The van der Waals surface area contributed by atoms with Crippen molar-refractivity contribution in [1.82, 2.24) is 9.80 Å². The zero-order valence-corrected chi connectivity index (χ0v) is 16.7. The molecule has 0 radical (unpaired) electrons. The number of ether oxygens (including phenoxy) is 1. The molecule has 1 amide bonds. The third kappa shape index (κ3) is 3.52. The van der Waals surface area contributed by atoms with E-state index in [9.17, 15) is 14.3 Å². The number of carbonyl (C=O) groups is 1. The largest absolute Gasteiger partial charge is 0.437 e. The molecule has 154 valence electrons. The molecule has 1 N–H and O–H groups in total. The van der Waals surface area contributed by atoms with Crippen LogP contribution in [0.3, 0.4) is 0 Å². The lowest BCUT2D eigenvalue weighted by Gasteiger charge is -2.46. The smallest absolute Gasteiger partial charge is 0.413 e. The normalized spacial score (nSPS) is 28.7. The third-order valence-corrected chi connectivity index (χ3v) is 7.05. The highest BCUT2D eigenvalue weighted by atomic mass is 19.1. The van der Waals surface area contributed by atoms with Crippen molar-refractivity contribution in [2.24, 2.45) is 0 Å². The molecule has 0 bridgehead atoms. The summed E-state index contributed by atoms with van der Waals surface area (Å²) in [5, 5.41) is 11.4. The summed E-state index contributed by atoms with van der Waals surface area (Å²) in [7, 11) is 0. The van der Waals surface area contributed by atoms with Gasteiger partial charge in [0.25, 0.3) is 0 Å². The van der Waals surface area contributed by atoms with Crippen LogP contribution in [0, 0.1) is 5.82 Å². The highest BCUT2D eigenvalue weighted by Gasteiger charge is 2.63. The third-order valence-electron chi connectivity index (χ3n) is 7.05. The minimum atomic E-state index is -1.25. The summed E-state index contributed by atoms with van der Waals surface area (Å²) in [6.07, 6.45) is 7.10. The van der Waals surface area contributed by atoms with Crippen molar-refractivity contribution < 1.29 is 19.0 Å². The fourth-order valence-electron chi connectivity index (χ4n) is 5.21. The number of hydrogen-bond donors (Lipinski definition) is 1. The van der Waals surface area contributed by atoms with Gasteiger partial charge in [-0.25, -0.2) is 9.18 Å². The number of benzene rings is 1. The van der Waals surface area contributed by atoms with E-state index in [2.05, 4.69) is 4.90 Å². The Labute approximate surface area is 166 Å². The lowest BCUT2D eigenvalue weighted by molar-refractivity contribution is -0.173. The van der Waals surface area contributed by atoms with Gasteiger partial charge in [-0.05, 0) is 43.9 Å². The van der Waals surface area contributed by atoms with E-state index in [4.69, 9.17) is 4.74 Å². The molecule has 3 aliphatic rings. The molecule has 1 aromatic rings. The molecule has 1 unspecified atom stereocenters. The van der Waals surface area contributed by atoms with Crippen LogP contribution in [0.2, 0.25) is 0 Å². The average Bonchev–Trinajstić information content (AvgIpc) is 2.88. The molecule has 6 heteroatoms. The molecule has 1 aliphatic carbocycles. The lowest BCUT2D eigenvalue weighted by Crippen LogP contribution is -2.62. The van der Waals surface area contributed by atoms with Crippen LogP contribution in [-0.4, -0.2) is 58.0 Å². The Morgan fingerprint density at radius 1 is 1.14 bits per heavy atom. The summed E-state index contributed by atoms with van der Waals surface area (Å²) in [6.45, 7) is 4.21. The van der Waals surface area contributed by atoms with Crippen molar-refractivity contribution >= 4 is 6.09 Å². The van der Waals surface area contributed by atoms with Crippen molar-refractivity contribution in [3.8, 4) is 0 Å². The Hall–Kier alpha value is -1.66. The van der Waals surface area contributed by atoms with Gasteiger partial charge in [-0.1, -0.05) is 31.4 Å². The standard InChI is InChI=1S/C22H31FN2O3/c1-21(27)22(28-20(26)25(21)19-5-3-2-4-6-19)12-15-24(16-13-22)14-11-17-7-9-18(23)10-8-17/h7-10,19,27H,2-6,11-16H2,1H3. The van der Waals surface area contributed by atoms with Crippen LogP contribution in [0.25, 0.3) is 0 Å². The second-order valence-corrected chi connectivity index (χ2v) is 8.76. The molecule has 1 atom stereocenters. The van der Waals surface area contributed by atoms with Crippen LogP contribution in [-0.2, 0) is 11.2 Å². The van der Waals surface area contributed by atoms with E-state index in [1.807, 2.05) is 12.1 Å². The van der Waals surface area contributed by atoms with E-state index in [1.54, 1.807) is 11.8 Å². The highest BCUT2D eigenvalue weighted by Crippen LogP contribution is 2.47. The van der Waals surface area contributed by atoms with E-state index in [0.717, 1.165) is 57.3 Å². The van der Waals surface area contributed by atoms with E-state index in [-0.39, 0.29) is 18.0 Å². The second-order valence-electron chi connectivity index (χ2n) is 8.76. The molecule has 1 aromatic carbocycles. The predicted molar refractivity (Wildman–Crippen MR) is 104 cm³/mol. The Morgan fingerprint density at radius 2 is 1.79 bits per heavy atom. The summed E-state index contributed by atoms with van der Waals surface area (Å²) in [4.78, 5) is 16.7. The van der Waals surface area contributed by atoms with Crippen molar-refractivity contribution in [2.75, 3.05) is 19.6 Å². The van der Waals surface area contributed by atoms with Crippen LogP contribution < -0.4 is 0 Å². The monoisotopic (exact) mass is 390 g/mol. The predicted octanol–water partition coefficient (Wildman–Crippen LogP) is 3.70. The van der Waals surface area contributed by atoms with Gasteiger partial charge >= 0.3 is 6.09 Å². The molecule has 28 heavy (non-hydrogen) atoms. The second kappa shape index (κ2) is 7.64. The molecule has 2 saturated heterocycles. The van der Waals surface area contributed by atoms with Crippen LogP contribution >= 0.6 is 0 Å². The van der Waals surface area contributed by atoms with Gasteiger partial charge in [-0.15, -0.1) is 0 Å². The molecule has 4 rings (SSSR count). The Bertz CT molecular complexity index is 692. The van der Waals surface area contributed by atoms with Gasteiger partial charge in [0.05, 0.1) is 0 Å². The van der Waals surface area contributed by atoms with Crippen LogP contribution in [0.4, 0.5) is 9.18 Å². The first-order chi connectivity index (χ1) is 13.4. The average molecular weight is 390 g/mol. The summed E-state index contributed by atoms with van der Waals surface area (Å²) in [6, 6.07) is 6.73. The number of halogens is 1. The number of likely N-dealkylation sites (tertiary alicyclic amines) is 1. The molecule has 2 aliphatic heterocycles. The number of amides is 1. The van der Waals surface area contributed by atoms with E-state index >= 15 is 0 Å².